The maximum atomic E-state index is 11.0. The average Bonchev–Trinajstić information content (AvgIpc) is 2.70. The number of rotatable bonds is 2. The molecule has 19 heavy (non-hydrogen) atoms. The van der Waals surface area contributed by atoms with Gasteiger partial charge in [-0.3, -0.25) is 0 Å². The Labute approximate surface area is 118 Å². The van der Waals surface area contributed by atoms with E-state index in [0.29, 0.717) is 5.41 Å². The highest BCUT2D eigenvalue weighted by Crippen LogP contribution is 2.36. The second-order valence-electron chi connectivity index (χ2n) is 6.33. The van der Waals surface area contributed by atoms with Crippen LogP contribution in [-0.4, -0.2) is 29.1 Å². The van der Waals surface area contributed by atoms with E-state index in [1.807, 2.05) is 6.92 Å². The Morgan fingerprint density at radius 3 is 2.37 bits per heavy atom. The number of piperidine rings is 1. The lowest BCUT2D eigenvalue weighted by Crippen LogP contribution is -2.38. The highest BCUT2D eigenvalue weighted by molar-refractivity contribution is 7.15. The summed E-state index contributed by atoms with van der Waals surface area (Å²) >= 11 is 1.49. The molecule has 0 unspecified atom stereocenters. The molecule has 4 nitrogen and oxygen atoms in total. The summed E-state index contributed by atoms with van der Waals surface area (Å²) in [4.78, 5) is 18.3. The van der Waals surface area contributed by atoms with Crippen LogP contribution >= 0.6 is 11.3 Å². The minimum Gasteiger partial charge on any atom is -0.476 e. The van der Waals surface area contributed by atoms with E-state index >= 15 is 0 Å². The molecule has 1 fully saturated rings. The number of nitrogens with zero attached hydrogens (tertiary/aromatic N) is 2. The first-order valence-corrected chi connectivity index (χ1v) is 7.56. The number of carbonyl (C=O) groups is 1. The number of aromatic nitrogens is 1. The van der Waals surface area contributed by atoms with Gasteiger partial charge in [0.05, 0.1) is 0 Å². The predicted molar refractivity (Wildman–Crippen MR) is 78.2 cm³/mol. The molecular weight excluding hydrogens is 260 g/mol. The molecule has 1 saturated heterocycles. The number of hydrogen-bond acceptors (Lipinski definition) is 4. The molecule has 1 aromatic rings. The molecule has 0 aliphatic carbocycles. The van der Waals surface area contributed by atoms with Crippen LogP contribution in [0.25, 0.3) is 0 Å². The van der Waals surface area contributed by atoms with Gasteiger partial charge in [0.15, 0.2) is 10.8 Å². The van der Waals surface area contributed by atoms with Crippen molar-refractivity contribution in [1.29, 1.82) is 0 Å². The Bertz CT molecular complexity index is 468. The van der Waals surface area contributed by atoms with E-state index in [9.17, 15) is 4.79 Å². The molecule has 0 amide bonds. The third-order valence-electron chi connectivity index (χ3n) is 3.98. The van der Waals surface area contributed by atoms with Crippen LogP contribution in [0.4, 0.5) is 5.13 Å². The summed E-state index contributed by atoms with van der Waals surface area (Å²) in [5.41, 5.74) is 0.565. The molecule has 1 N–H and O–H groups in total. The van der Waals surface area contributed by atoms with Crippen molar-refractivity contribution in [3.63, 3.8) is 0 Å². The Balaban J connectivity index is 2.06. The van der Waals surface area contributed by atoms with Crippen LogP contribution in [0, 0.1) is 18.3 Å². The maximum absolute atomic E-state index is 11.0. The zero-order valence-corrected chi connectivity index (χ0v) is 12.9. The molecule has 2 rings (SSSR count). The van der Waals surface area contributed by atoms with Gasteiger partial charge < -0.3 is 10.0 Å². The molecule has 0 saturated carbocycles. The largest absolute Gasteiger partial charge is 0.476 e. The lowest BCUT2D eigenvalue weighted by Gasteiger charge is -2.38. The highest BCUT2D eigenvalue weighted by Gasteiger charge is 2.30. The van der Waals surface area contributed by atoms with Gasteiger partial charge in [-0.25, -0.2) is 9.78 Å². The van der Waals surface area contributed by atoms with Crippen molar-refractivity contribution < 1.29 is 9.90 Å². The second kappa shape index (κ2) is 5.12. The zero-order valence-electron chi connectivity index (χ0n) is 12.1. The lowest BCUT2D eigenvalue weighted by atomic mass is 9.75. The highest BCUT2D eigenvalue weighted by atomic mass is 32.1. The molecule has 5 heteroatoms. The Hall–Kier alpha value is -1.10. The van der Waals surface area contributed by atoms with Crippen LogP contribution in [-0.2, 0) is 0 Å². The number of thiazole rings is 1. The van der Waals surface area contributed by atoms with Crippen LogP contribution in [0.2, 0.25) is 0 Å². The second-order valence-corrected chi connectivity index (χ2v) is 7.52. The molecule has 2 heterocycles. The quantitative estimate of drug-likeness (QED) is 0.903. The Morgan fingerprint density at radius 1 is 1.37 bits per heavy atom. The third kappa shape index (κ3) is 3.08. The summed E-state index contributed by atoms with van der Waals surface area (Å²) in [6, 6.07) is 0. The first-order valence-electron chi connectivity index (χ1n) is 6.74. The monoisotopic (exact) mass is 282 g/mol. The molecule has 0 atom stereocenters. The number of hydrogen-bond donors (Lipinski definition) is 1. The van der Waals surface area contributed by atoms with Gasteiger partial charge in [-0.1, -0.05) is 20.8 Å². The SMILES string of the molecule is Cc1sc(N2CCC(C(C)(C)C)CC2)nc1C(=O)O. The fraction of sp³-hybridized carbons (Fsp3) is 0.714. The van der Waals surface area contributed by atoms with E-state index in [1.54, 1.807) is 0 Å². The average molecular weight is 282 g/mol. The van der Waals surface area contributed by atoms with E-state index in [-0.39, 0.29) is 5.69 Å². The lowest BCUT2D eigenvalue weighted by molar-refractivity contribution is 0.0690. The molecule has 1 aliphatic rings. The van der Waals surface area contributed by atoms with Crippen molar-refractivity contribution in [2.45, 2.75) is 40.5 Å². The smallest absolute Gasteiger partial charge is 0.355 e. The van der Waals surface area contributed by atoms with E-state index in [1.165, 1.54) is 11.3 Å². The third-order valence-corrected chi connectivity index (χ3v) is 5.01. The summed E-state index contributed by atoms with van der Waals surface area (Å²) in [5, 5.41) is 9.91. The van der Waals surface area contributed by atoms with Crippen molar-refractivity contribution in [3.8, 4) is 0 Å². The van der Waals surface area contributed by atoms with E-state index in [0.717, 1.165) is 41.9 Å². The molecule has 0 bridgehead atoms. The standard InChI is InChI=1S/C14H22N2O2S/c1-9-11(12(17)18)15-13(19-9)16-7-5-10(6-8-16)14(2,3)4/h10H,5-8H2,1-4H3,(H,17,18). The predicted octanol–water partition coefficient (Wildman–Crippen LogP) is 3.41. The Kier molecular flexibility index (Phi) is 3.85. The molecule has 0 aromatic carbocycles. The first kappa shape index (κ1) is 14.3. The van der Waals surface area contributed by atoms with Crippen LogP contribution < -0.4 is 4.90 Å². The van der Waals surface area contributed by atoms with E-state index in [4.69, 9.17) is 5.11 Å². The molecule has 106 valence electrons. The number of carboxylic acid groups (broad SMARTS) is 1. The summed E-state index contributed by atoms with van der Waals surface area (Å²) in [5.74, 6) is -0.187. The van der Waals surface area contributed by atoms with Gasteiger partial charge in [0.25, 0.3) is 0 Å². The fourth-order valence-electron chi connectivity index (χ4n) is 2.65. The summed E-state index contributed by atoms with van der Waals surface area (Å²) in [6.07, 6.45) is 2.31. The first-order chi connectivity index (χ1) is 8.79. The van der Waals surface area contributed by atoms with Crippen LogP contribution in [0.15, 0.2) is 0 Å². The van der Waals surface area contributed by atoms with Crippen molar-refractivity contribution in [3.05, 3.63) is 10.6 Å². The summed E-state index contributed by atoms with van der Waals surface area (Å²) in [6.45, 7) is 10.7. The minimum absolute atomic E-state index is 0.206. The van der Waals surface area contributed by atoms with Gasteiger partial charge in [-0.2, -0.15) is 0 Å². The summed E-state index contributed by atoms with van der Waals surface area (Å²) in [7, 11) is 0. The molecule has 0 radical (unpaired) electrons. The van der Waals surface area contributed by atoms with Gasteiger partial charge in [0, 0.05) is 18.0 Å². The fourth-order valence-corrected chi connectivity index (χ4v) is 3.61. The van der Waals surface area contributed by atoms with Crippen molar-refractivity contribution in [2.24, 2.45) is 11.3 Å². The number of aryl methyl sites for hydroxylation is 1. The number of anilines is 1. The van der Waals surface area contributed by atoms with Gasteiger partial charge in [0.2, 0.25) is 0 Å². The molecular formula is C14H22N2O2S. The minimum atomic E-state index is -0.926. The van der Waals surface area contributed by atoms with E-state index in [2.05, 4.69) is 30.7 Å². The van der Waals surface area contributed by atoms with Crippen molar-refractivity contribution >= 4 is 22.4 Å². The van der Waals surface area contributed by atoms with Crippen LogP contribution in [0.5, 0.6) is 0 Å². The number of aromatic carboxylic acids is 1. The summed E-state index contributed by atoms with van der Waals surface area (Å²) < 4.78 is 0. The maximum Gasteiger partial charge on any atom is 0.355 e. The van der Waals surface area contributed by atoms with Crippen molar-refractivity contribution in [1.82, 2.24) is 4.98 Å². The van der Waals surface area contributed by atoms with Crippen molar-refractivity contribution in [2.75, 3.05) is 18.0 Å². The van der Waals surface area contributed by atoms with Gasteiger partial charge >= 0.3 is 5.97 Å². The normalized spacial score (nSPS) is 17.8. The van der Waals surface area contributed by atoms with Gasteiger partial charge in [0.1, 0.15) is 0 Å². The molecule has 0 spiro atoms. The zero-order chi connectivity index (χ0) is 14.2. The Morgan fingerprint density at radius 2 is 1.95 bits per heavy atom. The molecule has 1 aliphatic heterocycles. The topological polar surface area (TPSA) is 53.4 Å². The van der Waals surface area contributed by atoms with Crippen LogP contribution in [0.3, 0.4) is 0 Å². The van der Waals surface area contributed by atoms with Crippen LogP contribution in [0.1, 0.15) is 49.0 Å². The molecule has 1 aromatic heterocycles. The van der Waals surface area contributed by atoms with E-state index < -0.39 is 5.97 Å². The number of carboxylic acids is 1. The van der Waals surface area contributed by atoms with Gasteiger partial charge in [-0.15, -0.1) is 11.3 Å². The van der Waals surface area contributed by atoms with Gasteiger partial charge in [-0.05, 0) is 31.1 Å².